The van der Waals surface area contributed by atoms with Gasteiger partial charge in [0.2, 0.25) is 0 Å². The van der Waals surface area contributed by atoms with Gasteiger partial charge in [-0.3, -0.25) is 9.78 Å². The minimum atomic E-state index is -0.171. The summed E-state index contributed by atoms with van der Waals surface area (Å²) in [6.07, 6.45) is 3.50. The lowest BCUT2D eigenvalue weighted by molar-refractivity contribution is 0.0951. The Morgan fingerprint density at radius 3 is 2.30 bits per heavy atom. The van der Waals surface area contributed by atoms with Crippen molar-refractivity contribution in [2.75, 3.05) is 20.8 Å². The Balaban J connectivity index is 2.09. The first-order valence-electron chi connectivity index (χ1n) is 7.16. The largest absolute Gasteiger partial charge is 0.495 e. The van der Waals surface area contributed by atoms with Crippen LogP contribution < -0.4 is 14.8 Å². The third-order valence-electron chi connectivity index (χ3n) is 3.55. The second-order valence-corrected chi connectivity index (χ2v) is 5.88. The van der Waals surface area contributed by atoms with Gasteiger partial charge >= 0.3 is 0 Å². The van der Waals surface area contributed by atoms with Crippen LogP contribution in [-0.2, 0) is 0 Å². The van der Waals surface area contributed by atoms with Gasteiger partial charge < -0.3 is 14.8 Å². The molecule has 23 heavy (non-hydrogen) atoms. The van der Waals surface area contributed by atoms with Gasteiger partial charge in [-0.2, -0.15) is 0 Å². The number of pyridine rings is 1. The molecule has 122 valence electrons. The number of nitrogens with one attached hydrogen (secondary N) is 1. The van der Waals surface area contributed by atoms with E-state index in [4.69, 9.17) is 9.47 Å². The highest BCUT2D eigenvalue weighted by atomic mass is 79.9. The maximum absolute atomic E-state index is 12.4. The van der Waals surface area contributed by atoms with E-state index in [0.717, 1.165) is 5.56 Å². The molecule has 6 heteroatoms. The minimum Gasteiger partial charge on any atom is -0.495 e. The Hall–Kier alpha value is -2.08. The fourth-order valence-corrected chi connectivity index (χ4v) is 2.71. The SMILES string of the molecule is COc1cc(C(=O)NC[C@H](C)c2ccncc2)cc(OC)c1Br. The number of methoxy groups -OCH3 is 2. The number of halogens is 1. The standard InChI is InChI=1S/C17H19BrN2O3/c1-11(12-4-6-19-7-5-12)10-20-17(21)13-8-14(22-2)16(18)15(9-13)23-3/h4-9,11H,10H2,1-3H3,(H,20,21)/t11-/m0/s1. The molecule has 5 nitrogen and oxygen atoms in total. The maximum Gasteiger partial charge on any atom is 0.251 e. The predicted octanol–water partition coefficient (Wildman–Crippen LogP) is 3.39. The van der Waals surface area contributed by atoms with Crippen LogP contribution in [0.5, 0.6) is 11.5 Å². The predicted molar refractivity (Wildman–Crippen MR) is 92.2 cm³/mol. The number of carbonyl (C=O) groups is 1. The summed E-state index contributed by atoms with van der Waals surface area (Å²) in [5.74, 6) is 1.13. The molecular weight excluding hydrogens is 360 g/mol. The summed E-state index contributed by atoms with van der Waals surface area (Å²) in [4.78, 5) is 16.4. The molecule has 1 N–H and O–H groups in total. The van der Waals surface area contributed by atoms with Gasteiger partial charge in [0.25, 0.3) is 5.91 Å². The lowest BCUT2D eigenvalue weighted by atomic mass is 10.0. The second kappa shape index (κ2) is 7.97. The monoisotopic (exact) mass is 378 g/mol. The number of hydrogen-bond acceptors (Lipinski definition) is 4. The molecule has 0 bridgehead atoms. The molecule has 1 aromatic carbocycles. The first-order chi connectivity index (χ1) is 11.1. The highest BCUT2D eigenvalue weighted by Gasteiger charge is 2.15. The van der Waals surface area contributed by atoms with Crippen molar-refractivity contribution in [3.05, 3.63) is 52.3 Å². The smallest absolute Gasteiger partial charge is 0.251 e. The highest BCUT2D eigenvalue weighted by Crippen LogP contribution is 2.35. The third-order valence-corrected chi connectivity index (χ3v) is 4.33. The van der Waals surface area contributed by atoms with E-state index in [9.17, 15) is 4.79 Å². The molecule has 0 radical (unpaired) electrons. The van der Waals surface area contributed by atoms with Crippen molar-refractivity contribution < 1.29 is 14.3 Å². The van der Waals surface area contributed by atoms with Gasteiger partial charge in [-0.1, -0.05) is 6.92 Å². The van der Waals surface area contributed by atoms with Gasteiger partial charge in [0.05, 0.1) is 14.2 Å². The van der Waals surface area contributed by atoms with Crippen LogP contribution in [0.15, 0.2) is 41.1 Å². The number of nitrogens with zero attached hydrogens (tertiary/aromatic N) is 1. The molecule has 0 fully saturated rings. The number of hydrogen-bond donors (Lipinski definition) is 1. The zero-order chi connectivity index (χ0) is 16.8. The van der Waals surface area contributed by atoms with Crippen LogP contribution in [-0.4, -0.2) is 31.7 Å². The molecule has 2 rings (SSSR count). The molecule has 0 aliphatic rings. The summed E-state index contributed by atoms with van der Waals surface area (Å²) in [5.41, 5.74) is 1.62. The summed E-state index contributed by atoms with van der Waals surface area (Å²) in [6.45, 7) is 2.59. The van der Waals surface area contributed by atoms with Crippen LogP contribution in [0.4, 0.5) is 0 Å². The summed E-state index contributed by atoms with van der Waals surface area (Å²) < 4.78 is 11.2. The summed E-state index contributed by atoms with van der Waals surface area (Å²) >= 11 is 3.39. The Morgan fingerprint density at radius 2 is 1.78 bits per heavy atom. The molecular formula is C17H19BrN2O3. The molecule has 1 heterocycles. The Kier molecular flexibility index (Phi) is 5.98. The van der Waals surface area contributed by atoms with E-state index in [1.165, 1.54) is 0 Å². The second-order valence-electron chi connectivity index (χ2n) is 5.09. The van der Waals surface area contributed by atoms with Crippen LogP contribution in [0.2, 0.25) is 0 Å². The average Bonchev–Trinajstić information content (AvgIpc) is 2.60. The highest BCUT2D eigenvalue weighted by molar-refractivity contribution is 9.10. The number of benzene rings is 1. The molecule has 1 amide bonds. The zero-order valence-electron chi connectivity index (χ0n) is 13.3. The Labute approximate surface area is 144 Å². The molecule has 0 aliphatic carbocycles. The zero-order valence-corrected chi connectivity index (χ0v) is 14.9. The van der Waals surface area contributed by atoms with E-state index in [0.29, 0.717) is 28.1 Å². The van der Waals surface area contributed by atoms with Gasteiger partial charge in [-0.15, -0.1) is 0 Å². The molecule has 0 spiro atoms. The number of rotatable bonds is 6. The van der Waals surface area contributed by atoms with E-state index >= 15 is 0 Å². The lowest BCUT2D eigenvalue weighted by Gasteiger charge is -2.14. The van der Waals surface area contributed by atoms with Crippen molar-refractivity contribution in [2.24, 2.45) is 0 Å². The van der Waals surface area contributed by atoms with Crippen molar-refractivity contribution in [1.29, 1.82) is 0 Å². The Morgan fingerprint density at radius 1 is 1.22 bits per heavy atom. The first-order valence-corrected chi connectivity index (χ1v) is 7.95. The quantitative estimate of drug-likeness (QED) is 0.836. The van der Waals surface area contributed by atoms with Crippen LogP contribution in [0.25, 0.3) is 0 Å². The fourth-order valence-electron chi connectivity index (χ4n) is 2.16. The lowest BCUT2D eigenvalue weighted by Crippen LogP contribution is -2.27. The van der Waals surface area contributed by atoms with Gasteiger partial charge in [0.15, 0.2) is 0 Å². The molecule has 0 saturated carbocycles. The first kappa shape index (κ1) is 17.3. The van der Waals surface area contributed by atoms with E-state index in [2.05, 4.69) is 33.2 Å². The van der Waals surface area contributed by atoms with E-state index in [1.807, 2.05) is 12.1 Å². The maximum atomic E-state index is 12.4. The number of amides is 1. The van der Waals surface area contributed by atoms with Crippen molar-refractivity contribution >= 4 is 21.8 Å². The van der Waals surface area contributed by atoms with Crippen LogP contribution in [0.3, 0.4) is 0 Å². The van der Waals surface area contributed by atoms with E-state index in [1.54, 1.807) is 38.7 Å². The normalized spacial score (nSPS) is 11.7. The van der Waals surface area contributed by atoms with Crippen molar-refractivity contribution in [3.8, 4) is 11.5 Å². The molecule has 0 saturated heterocycles. The molecule has 2 aromatic rings. The number of carbonyl (C=O) groups excluding carboxylic acids is 1. The molecule has 0 unspecified atom stereocenters. The summed E-state index contributed by atoms with van der Waals surface area (Å²) in [6, 6.07) is 7.25. The molecule has 1 atom stereocenters. The average molecular weight is 379 g/mol. The summed E-state index contributed by atoms with van der Waals surface area (Å²) in [7, 11) is 3.10. The summed E-state index contributed by atoms with van der Waals surface area (Å²) in [5, 5.41) is 2.93. The number of aromatic nitrogens is 1. The third kappa shape index (κ3) is 4.22. The van der Waals surface area contributed by atoms with Crippen LogP contribution >= 0.6 is 15.9 Å². The molecule has 0 aliphatic heterocycles. The van der Waals surface area contributed by atoms with E-state index in [-0.39, 0.29) is 11.8 Å². The van der Waals surface area contributed by atoms with Crippen molar-refractivity contribution in [2.45, 2.75) is 12.8 Å². The van der Waals surface area contributed by atoms with Crippen molar-refractivity contribution in [3.63, 3.8) is 0 Å². The topological polar surface area (TPSA) is 60.5 Å². The van der Waals surface area contributed by atoms with Crippen LogP contribution in [0.1, 0.15) is 28.8 Å². The minimum absolute atomic E-state index is 0.171. The fraction of sp³-hybridized carbons (Fsp3) is 0.294. The van der Waals surface area contributed by atoms with E-state index < -0.39 is 0 Å². The van der Waals surface area contributed by atoms with Crippen molar-refractivity contribution in [1.82, 2.24) is 10.3 Å². The van der Waals surface area contributed by atoms with Crippen LogP contribution in [0, 0.1) is 0 Å². The van der Waals surface area contributed by atoms with Gasteiger partial charge in [0.1, 0.15) is 16.0 Å². The van der Waals surface area contributed by atoms with Gasteiger partial charge in [-0.25, -0.2) is 0 Å². The molecule has 1 aromatic heterocycles. The number of ether oxygens (including phenoxy) is 2. The van der Waals surface area contributed by atoms with Gasteiger partial charge in [-0.05, 0) is 51.7 Å². The Bertz CT molecular complexity index is 652. The van der Waals surface area contributed by atoms with Gasteiger partial charge in [0, 0.05) is 24.5 Å².